The second-order valence-electron chi connectivity index (χ2n) is 8.49. The van der Waals surface area contributed by atoms with Crippen LogP contribution < -0.4 is 14.6 Å². The standard InChI is InChI=1S/C30H24BrN3O2/c1-36-25-14-10-23(11-15-25)29-17-27(26-6-2-3-7-28(26)33-29)30(35)32-18-22-5-4-16-34(20-22)19-21-8-12-24(31)13-9-21/h2-17,20H,18-19H2,1H3/p+1. The first kappa shape index (κ1) is 23.7. The Hall–Kier alpha value is -4.03. The minimum atomic E-state index is -0.133. The lowest BCUT2D eigenvalue weighted by Gasteiger charge is -2.11. The number of ether oxygens (including phenoxy) is 1. The fourth-order valence-electron chi connectivity index (χ4n) is 4.13. The average Bonchev–Trinajstić information content (AvgIpc) is 2.92. The molecule has 5 aromatic rings. The third-order valence-electron chi connectivity index (χ3n) is 6.00. The number of para-hydroxylation sites is 1. The van der Waals surface area contributed by atoms with Gasteiger partial charge in [-0.15, -0.1) is 0 Å². The van der Waals surface area contributed by atoms with Gasteiger partial charge in [-0.05, 0) is 54.6 Å². The van der Waals surface area contributed by atoms with Crippen molar-refractivity contribution in [1.82, 2.24) is 10.3 Å². The topological polar surface area (TPSA) is 55.1 Å². The quantitative estimate of drug-likeness (QED) is 0.261. The van der Waals surface area contributed by atoms with E-state index in [1.807, 2.05) is 85.1 Å². The normalized spacial score (nSPS) is 10.8. The molecule has 2 heterocycles. The Labute approximate surface area is 218 Å². The molecule has 178 valence electrons. The molecular weight excluding hydrogens is 514 g/mol. The largest absolute Gasteiger partial charge is 0.497 e. The van der Waals surface area contributed by atoms with Crippen LogP contribution >= 0.6 is 15.9 Å². The van der Waals surface area contributed by atoms with Gasteiger partial charge in [0.2, 0.25) is 0 Å². The summed E-state index contributed by atoms with van der Waals surface area (Å²) in [7, 11) is 1.64. The molecule has 5 rings (SSSR count). The maximum atomic E-state index is 13.4. The van der Waals surface area contributed by atoms with Gasteiger partial charge in [0.1, 0.15) is 5.75 Å². The predicted octanol–water partition coefficient (Wildman–Crippen LogP) is 5.94. The Kier molecular flexibility index (Phi) is 7.05. The molecule has 1 N–H and O–H groups in total. The number of benzene rings is 3. The number of carbonyl (C=O) groups excluding carboxylic acids is 1. The summed E-state index contributed by atoms with van der Waals surface area (Å²) in [4.78, 5) is 18.1. The summed E-state index contributed by atoms with van der Waals surface area (Å²) in [6, 6.07) is 29.6. The number of amides is 1. The van der Waals surface area contributed by atoms with E-state index in [4.69, 9.17) is 9.72 Å². The van der Waals surface area contributed by atoms with Gasteiger partial charge in [-0.25, -0.2) is 9.55 Å². The van der Waals surface area contributed by atoms with Gasteiger partial charge in [0.15, 0.2) is 18.9 Å². The van der Waals surface area contributed by atoms with Crippen molar-refractivity contribution in [2.24, 2.45) is 0 Å². The van der Waals surface area contributed by atoms with Gasteiger partial charge in [0, 0.05) is 39.2 Å². The van der Waals surface area contributed by atoms with Crippen LogP contribution in [-0.4, -0.2) is 18.0 Å². The number of hydrogen-bond donors (Lipinski definition) is 1. The Bertz CT molecular complexity index is 1520. The highest BCUT2D eigenvalue weighted by Crippen LogP contribution is 2.26. The number of rotatable bonds is 7. The molecule has 5 nitrogen and oxygen atoms in total. The molecule has 0 bridgehead atoms. The number of methoxy groups -OCH3 is 1. The number of aromatic nitrogens is 2. The molecule has 3 aromatic carbocycles. The lowest BCUT2D eigenvalue weighted by atomic mass is 10.0. The van der Waals surface area contributed by atoms with Gasteiger partial charge in [-0.1, -0.05) is 46.3 Å². The number of nitrogens with zero attached hydrogens (tertiary/aromatic N) is 2. The molecule has 2 aromatic heterocycles. The molecule has 1 amide bonds. The molecule has 0 spiro atoms. The van der Waals surface area contributed by atoms with Crippen LogP contribution in [0.3, 0.4) is 0 Å². The van der Waals surface area contributed by atoms with Crippen molar-refractivity contribution in [3.8, 4) is 17.0 Å². The summed E-state index contributed by atoms with van der Waals surface area (Å²) in [6.45, 7) is 1.18. The van der Waals surface area contributed by atoms with E-state index >= 15 is 0 Å². The van der Waals surface area contributed by atoms with Crippen molar-refractivity contribution in [1.29, 1.82) is 0 Å². The first-order chi connectivity index (χ1) is 17.6. The zero-order chi connectivity index (χ0) is 24.9. The van der Waals surface area contributed by atoms with Crippen molar-refractivity contribution in [2.75, 3.05) is 7.11 Å². The predicted molar refractivity (Wildman–Crippen MR) is 145 cm³/mol. The van der Waals surface area contributed by atoms with Crippen LogP contribution in [0, 0.1) is 0 Å². The highest BCUT2D eigenvalue weighted by atomic mass is 79.9. The van der Waals surface area contributed by atoms with E-state index in [9.17, 15) is 4.79 Å². The molecular formula is C30H25BrN3O2+. The van der Waals surface area contributed by atoms with Crippen LogP contribution in [0.1, 0.15) is 21.5 Å². The van der Waals surface area contributed by atoms with Gasteiger partial charge in [0.05, 0.1) is 23.9 Å². The summed E-state index contributed by atoms with van der Waals surface area (Å²) in [5, 5.41) is 3.92. The highest BCUT2D eigenvalue weighted by Gasteiger charge is 2.15. The lowest BCUT2D eigenvalue weighted by Crippen LogP contribution is -2.34. The molecule has 36 heavy (non-hydrogen) atoms. The number of carbonyl (C=O) groups is 1. The summed E-state index contributed by atoms with van der Waals surface area (Å²) in [5.41, 5.74) is 5.28. The zero-order valence-electron chi connectivity index (χ0n) is 19.8. The van der Waals surface area contributed by atoms with Crippen molar-refractivity contribution < 1.29 is 14.1 Å². The third kappa shape index (κ3) is 5.44. The van der Waals surface area contributed by atoms with Crippen LogP contribution in [0.25, 0.3) is 22.2 Å². The molecule has 0 aliphatic rings. The van der Waals surface area contributed by atoms with E-state index in [0.717, 1.165) is 44.5 Å². The molecule has 0 aliphatic carbocycles. The van der Waals surface area contributed by atoms with E-state index in [2.05, 4.69) is 44.1 Å². The minimum Gasteiger partial charge on any atom is -0.497 e. The van der Waals surface area contributed by atoms with Crippen molar-refractivity contribution >= 4 is 32.7 Å². The smallest absolute Gasteiger partial charge is 0.252 e. The monoisotopic (exact) mass is 538 g/mol. The van der Waals surface area contributed by atoms with Crippen LogP contribution in [0.15, 0.2) is 108 Å². The van der Waals surface area contributed by atoms with E-state index in [-0.39, 0.29) is 5.91 Å². The minimum absolute atomic E-state index is 0.133. The van der Waals surface area contributed by atoms with E-state index in [1.54, 1.807) is 7.11 Å². The Morgan fingerprint density at radius 2 is 1.72 bits per heavy atom. The third-order valence-corrected chi connectivity index (χ3v) is 6.53. The Morgan fingerprint density at radius 3 is 2.50 bits per heavy atom. The van der Waals surface area contributed by atoms with Crippen molar-refractivity contribution in [2.45, 2.75) is 13.1 Å². The Balaban J connectivity index is 1.37. The molecule has 0 radical (unpaired) electrons. The van der Waals surface area contributed by atoms with Gasteiger partial charge < -0.3 is 10.1 Å². The highest BCUT2D eigenvalue weighted by molar-refractivity contribution is 9.10. The second-order valence-corrected chi connectivity index (χ2v) is 9.41. The van der Waals surface area contributed by atoms with Gasteiger partial charge in [-0.3, -0.25) is 4.79 Å². The summed E-state index contributed by atoms with van der Waals surface area (Å²) < 4.78 is 8.45. The SMILES string of the molecule is COc1ccc(-c2cc(C(=O)NCc3ccc[n+](Cc4ccc(Br)cc4)c3)c3ccccc3n2)cc1. The van der Waals surface area contributed by atoms with Gasteiger partial charge in [-0.2, -0.15) is 0 Å². The molecule has 0 fully saturated rings. The summed E-state index contributed by atoms with van der Waals surface area (Å²) in [5.74, 6) is 0.643. The number of pyridine rings is 2. The van der Waals surface area contributed by atoms with E-state index in [1.165, 1.54) is 5.56 Å². The van der Waals surface area contributed by atoms with Gasteiger partial charge in [0.25, 0.3) is 5.91 Å². The average molecular weight is 539 g/mol. The molecule has 0 saturated heterocycles. The van der Waals surface area contributed by atoms with Crippen molar-refractivity contribution in [3.05, 3.63) is 125 Å². The maximum absolute atomic E-state index is 13.4. The first-order valence-corrected chi connectivity index (χ1v) is 12.4. The lowest BCUT2D eigenvalue weighted by molar-refractivity contribution is -0.688. The number of hydrogen-bond acceptors (Lipinski definition) is 3. The molecule has 6 heteroatoms. The number of nitrogens with one attached hydrogen (secondary N) is 1. The van der Waals surface area contributed by atoms with Crippen LogP contribution in [-0.2, 0) is 13.1 Å². The second kappa shape index (κ2) is 10.7. The molecule has 0 unspecified atom stereocenters. The summed E-state index contributed by atoms with van der Waals surface area (Å²) in [6.07, 6.45) is 4.10. The van der Waals surface area contributed by atoms with Gasteiger partial charge >= 0.3 is 0 Å². The van der Waals surface area contributed by atoms with E-state index < -0.39 is 0 Å². The van der Waals surface area contributed by atoms with Crippen molar-refractivity contribution in [3.63, 3.8) is 0 Å². The summed E-state index contributed by atoms with van der Waals surface area (Å²) >= 11 is 3.48. The molecule has 0 saturated carbocycles. The number of halogens is 1. The number of fused-ring (bicyclic) bond motifs is 1. The van der Waals surface area contributed by atoms with Crippen LogP contribution in [0.5, 0.6) is 5.75 Å². The maximum Gasteiger partial charge on any atom is 0.252 e. The molecule has 0 atom stereocenters. The first-order valence-electron chi connectivity index (χ1n) is 11.6. The fourth-order valence-corrected chi connectivity index (χ4v) is 4.39. The fraction of sp³-hybridized carbons (Fsp3) is 0.100. The molecule has 0 aliphatic heterocycles. The van der Waals surface area contributed by atoms with E-state index in [0.29, 0.717) is 12.1 Å². The zero-order valence-corrected chi connectivity index (χ0v) is 21.4. The van der Waals surface area contributed by atoms with Crippen LogP contribution in [0.4, 0.5) is 0 Å². The van der Waals surface area contributed by atoms with Crippen LogP contribution in [0.2, 0.25) is 0 Å². The Morgan fingerprint density at radius 1 is 0.944 bits per heavy atom.